The number of fused-ring (bicyclic) bond motifs is 1. The van der Waals surface area contributed by atoms with Crippen LogP contribution in [-0.2, 0) is 6.54 Å². The number of aromatic nitrogens is 1. The standard InChI is InChI=1S/C22H19FN2O3/c23-18-7-4-15(5-8-18)22(27)25-11-12-28-20-9-6-16(13-17(20)14-25)21(26)19-3-1-2-10-24-19/h1-10,13,21,26H,11-12,14H2. The number of aliphatic hydroxyl groups is 1. The van der Waals surface area contributed by atoms with E-state index in [-0.39, 0.29) is 11.7 Å². The van der Waals surface area contributed by atoms with Gasteiger partial charge in [-0.3, -0.25) is 9.78 Å². The van der Waals surface area contributed by atoms with Crippen molar-refractivity contribution >= 4 is 5.91 Å². The first-order chi connectivity index (χ1) is 13.6. The number of hydrogen-bond donors (Lipinski definition) is 1. The van der Waals surface area contributed by atoms with Crippen LogP contribution in [0.1, 0.15) is 33.3 Å². The number of carbonyl (C=O) groups is 1. The second-order valence-electron chi connectivity index (χ2n) is 6.61. The fraction of sp³-hybridized carbons (Fsp3) is 0.182. The molecule has 1 N–H and O–H groups in total. The van der Waals surface area contributed by atoms with E-state index in [2.05, 4.69) is 4.98 Å². The third kappa shape index (κ3) is 3.73. The van der Waals surface area contributed by atoms with E-state index in [9.17, 15) is 14.3 Å². The maximum absolute atomic E-state index is 13.1. The lowest BCUT2D eigenvalue weighted by Gasteiger charge is -2.20. The zero-order chi connectivity index (χ0) is 19.5. The van der Waals surface area contributed by atoms with Crippen LogP contribution < -0.4 is 4.74 Å². The van der Waals surface area contributed by atoms with Gasteiger partial charge in [-0.1, -0.05) is 12.1 Å². The van der Waals surface area contributed by atoms with E-state index in [4.69, 9.17) is 4.74 Å². The molecule has 0 bridgehead atoms. The van der Waals surface area contributed by atoms with Gasteiger partial charge in [0.1, 0.15) is 24.3 Å². The Kier molecular flexibility index (Phi) is 5.04. The molecule has 1 aliphatic heterocycles. The van der Waals surface area contributed by atoms with Crippen molar-refractivity contribution in [3.05, 3.63) is 95.1 Å². The number of halogens is 1. The Morgan fingerprint density at radius 3 is 2.71 bits per heavy atom. The fourth-order valence-electron chi connectivity index (χ4n) is 3.24. The maximum Gasteiger partial charge on any atom is 0.254 e. The van der Waals surface area contributed by atoms with Crippen LogP contribution in [0, 0.1) is 5.82 Å². The molecular formula is C22H19FN2O3. The molecule has 1 unspecified atom stereocenters. The molecule has 0 fully saturated rings. The van der Waals surface area contributed by atoms with E-state index < -0.39 is 6.10 Å². The number of aliphatic hydroxyl groups excluding tert-OH is 1. The number of benzene rings is 2. The molecule has 142 valence electrons. The zero-order valence-electron chi connectivity index (χ0n) is 15.1. The van der Waals surface area contributed by atoms with Crippen molar-refractivity contribution in [1.29, 1.82) is 0 Å². The lowest BCUT2D eigenvalue weighted by molar-refractivity contribution is 0.0733. The van der Waals surface area contributed by atoms with Gasteiger partial charge in [0.25, 0.3) is 5.91 Å². The highest BCUT2D eigenvalue weighted by Crippen LogP contribution is 2.29. The lowest BCUT2D eigenvalue weighted by atomic mass is 10.0. The molecule has 28 heavy (non-hydrogen) atoms. The van der Waals surface area contributed by atoms with Gasteiger partial charge in [-0.15, -0.1) is 0 Å². The molecule has 1 atom stereocenters. The molecule has 1 amide bonds. The minimum absolute atomic E-state index is 0.188. The van der Waals surface area contributed by atoms with Crippen LogP contribution >= 0.6 is 0 Å². The first-order valence-corrected chi connectivity index (χ1v) is 9.01. The molecule has 1 aromatic heterocycles. The van der Waals surface area contributed by atoms with Crippen LogP contribution in [0.4, 0.5) is 4.39 Å². The zero-order valence-corrected chi connectivity index (χ0v) is 15.1. The quantitative estimate of drug-likeness (QED) is 0.759. The summed E-state index contributed by atoms with van der Waals surface area (Å²) >= 11 is 0. The SMILES string of the molecule is O=C(c1ccc(F)cc1)N1CCOc2ccc(C(O)c3ccccn3)cc2C1. The number of pyridine rings is 1. The summed E-state index contributed by atoms with van der Waals surface area (Å²) in [4.78, 5) is 18.7. The lowest BCUT2D eigenvalue weighted by Crippen LogP contribution is -2.32. The summed E-state index contributed by atoms with van der Waals surface area (Å²) in [6.45, 7) is 1.12. The van der Waals surface area contributed by atoms with Gasteiger partial charge < -0.3 is 14.7 Å². The smallest absolute Gasteiger partial charge is 0.254 e. The molecule has 0 aliphatic carbocycles. The number of nitrogens with zero attached hydrogens (tertiary/aromatic N) is 2. The summed E-state index contributed by atoms with van der Waals surface area (Å²) in [6, 6.07) is 16.3. The molecule has 2 heterocycles. The normalized spacial score (nSPS) is 14.6. The summed E-state index contributed by atoms with van der Waals surface area (Å²) in [5.74, 6) is 0.118. The molecule has 0 saturated carbocycles. The van der Waals surface area contributed by atoms with E-state index in [1.165, 1.54) is 24.3 Å². The molecule has 1 aliphatic rings. The first kappa shape index (κ1) is 18.1. The summed E-state index contributed by atoms with van der Waals surface area (Å²) in [7, 11) is 0. The molecule has 0 saturated heterocycles. The van der Waals surface area contributed by atoms with Crippen molar-refractivity contribution in [2.75, 3.05) is 13.2 Å². The van der Waals surface area contributed by atoms with Crippen LogP contribution in [0.15, 0.2) is 66.9 Å². The van der Waals surface area contributed by atoms with Gasteiger partial charge >= 0.3 is 0 Å². The highest BCUT2D eigenvalue weighted by molar-refractivity contribution is 5.94. The van der Waals surface area contributed by atoms with Crippen LogP contribution in [0.2, 0.25) is 0 Å². The maximum atomic E-state index is 13.1. The second-order valence-corrected chi connectivity index (χ2v) is 6.61. The average molecular weight is 378 g/mol. The third-order valence-corrected chi connectivity index (χ3v) is 4.73. The minimum Gasteiger partial charge on any atom is -0.491 e. The monoisotopic (exact) mass is 378 g/mol. The van der Waals surface area contributed by atoms with Gasteiger partial charge in [0.05, 0.1) is 12.2 Å². The fourth-order valence-corrected chi connectivity index (χ4v) is 3.24. The van der Waals surface area contributed by atoms with Gasteiger partial charge in [0.15, 0.2) is 0 Å². The number of rotatable bonds is 3. The Bertz CT molecular complexity index is 977. The van der Waals surface area contributed by atoms with Crippen LogP contribution in [0.25, 0.3) is 0 Å². The number of amides is 1. The van der Waals surface area contributed by atoms with E-state index in [1.807, 2.05) is 18.2 Å². The molecule has 3 aromatic rings. The van der Waals surface area contributed by atoms with E-state index in [0.717, 1.165) is 5.56 Å². The molecule has 4 rings (SSSR count). The van der Waals surface area contributed by atoms with Crippen molar-refractivity contribution in [3.63, 3.8) is 0 Å². The Morgan fingerprint density at radius 2 is 1.96 bits per heavy atom. The molecule has 5 nitrogen and oxygen atoms in total. The Morgan fingerprint density at radius 1 is 1.14 bits per heavy atom. The topological polar surface area (TPSA) is 62.7 Å². The van der Waals surface area contributed by atoms with Crippen LogP contribution in [0.3, 0.4) is 0 Å². The van der Waals surface area contributed by atoms with Gasteiger partial charge in [-0.2, -0.15) is 0 Å². The van der Waals surface area contributed by atoms with Gasteiger partial charge in [-0.05, 0) is 54.1 Å². The van der Waals surface area contributed by atoms with E-state index in [0.29, 0.717) is 42.3 Å². The van der Waals surface area contributed by atoms with Gasteiger partial charge in [0.2, 0.25) is 0 Å². The van der Waals surface area contributed by atoms with Crippen LogP contribution in [-0.4, -0.2) is 34.0 Å². The highest BCUT2D eigenvalue weighted by Gasteiger charge is 2.22. The molecule has 6 heteroatoms. The summed E-state index contributed by atoms with van der Waals surface area (Å²) in [6.07, 6.45) is 0.768. The van der Waals surface area contributed by atoms with Crippen molar-refractivity contribution < 1.29 is 19.0 Å². The number of ether oxygens (including phenoxy) is 1. The summed E-state index contributed by atoms with van der Waals surface area (Å²) in [5.41, 5.74) is 2.46. The Balaban J connectivity index is 1.60. The minimum atomic E-state index is -0.865. The average Bonchev–Trinajstić information content (AvgIpc) is 2.95. The number of hydrogen-bond acceptors (Lipinski definition) is 4. The highest BCUT2D eigenvalue weighted by atomic mass is 19.1. The first-order valence-electron chi connectivity index (χ1n) is 9.01. The molecule has 2 aromatic carbocycles. The van der Waals surface area contributed by atoms with Gasteiger partial charge in [-0.25, -0.2) is 4.39 Å². The number of carbonyl (C=O) groups excluding carboxylic acids is 1. The molecular weight excluding hydrogens is 359 g/mol. The summed E-state index contributed by atoms with van der Waals surface area (Å²) < 4.78 is 18.9. The Hall–Kier alpha value is -3.25. The van der Waals surface area contributed by atoms with E-state index in [1.54, 1.807) is 29.3 Å². The van der Waals surface area contributed by atoms with Crippen LogP contribution in [0.5, 0.6) is 5.75 Å². The van der Waals surface area contributed by atoms with Crippen molar-refractivity contribution in [1.82, 2.24) is 9.88 Å². The predicted octanol–water partition coefficient (Wildman–Crippen LogP) is 3.34. The molecule has 0 spiro atoms. The summed E-state index contributed by atoms with van der Waals surface area (Å²) in [5, 5.41) is 10.6. The Labute approximate surface area is 162 Å². The third-order valence-electron chi connectivity index (χ3n) is 4.73. The van der Waals surface area contributed by atoms with Crippen molar-refractivity contribution in [2.24, 2.45) is 0 Å². The largest absolute Gasteiger partial charge is 0.491 e. The van der Waals surface area contributed by atoms with Crippen molar-refractivity contribution in [3.8, 4) is 5.75 Å². The van der Waals surface area contributed by atoms with E-state index >= 15 is 0 Å². The predicted molar refractivity (Wildman–Crippen MR) is 101 cm³/mol. The van der Waals surface area contributed by atoms with Gasteiger partial charge in [0, 0.05) is 23.9 Å². The second kappa shape index (κ2) is 7.78. The van der Waals surface area contributed by atoms with Crippen molar-refractivity contribution in [2.45, 2.75) is 12.6 Å². The molecule has 0 radical (unpaired) electrons.